The zero-order valence-electron chi connectivity index (χ0n) is 17.2. The van der Waals surface area contributed by atoms with Gasteiger partial charge in [0.15, 0.2) is 0 Å². The highest BCUT2D eigenvalue weighted by Crippen LogP contribution is 2.23. The van der Waals surface area contributed by atoms with Crippen molar-refractivity contribution in [3.63, 3.8) is 0 Å². The summed E-state index contributed by atoms with van der Waals surface area (Å²) >= 11 is 0. The monoisotopic (exact) mass is 417 g/mol. The van der Waals surface area contributed by atoms with Crippen LogP contribution in [0.2, 0.25) is 0 Å². The molecule has 0 radical (unpaired) electrons. The summed E-state index contributed by atoms with van der Waals surface area (Å²) in [5.74, 6) is -0.716. The molecule has 1 atom stereocenters. The molecule has 0 unspecified atom stereocenters. The van der Waals surface area contributed by atoms with Gasteiger partial charge in [0.1, 0.15) is 0 Å². The van der Waals surface area contributed by atoms with Gasteiger partial charge in [-0.25, -0.2) is 8.42 Å². The molecule has 7 nitrogen and oxygen atoms in total. The molecule has 2 aromatic rings. The number of amides is 2. The smallest absolute Gasteiger partial charge is 0.242 e. The van der Waals surface area contributed by atoms with Gasteiger partial charge in [-0.1, -0.05) is 32.9 Å². The van der Waals surface area contributed by atoms with E-state index < -0.39 is 22.0 Å². The van der Waals surface area contributed by atoms with Crippen molar-refractivity contribution in [3.05, 3.63) is 54.1 Å². The molecule has 0 aromatic heterocycles. The third kappa shape index (κ3) is 6.40. The lowest BCUT2D eigenvalue weighted by Gasteiger charge is -2.19. The third-order valence-electron chi connectivity index (χ3n) is 4.23. The van der Waals surface area contributed by atoms with Crippen LogP contribution in [0.25, 0.3) is 0 Å². The molecular formula is C21H27N3O4S. The van der Waals surface area contributed by atoms with E-state index in [0.29, 0.717) is 11.4 Å². The molecule has 0 aliphatic carbocycles. The van der Waals surface area contributed by atoms with E-state index in [-0.39, 0.29) is 16.2 Å². The number of nitrogens with one attached hydrogen (secondary N) is 3. The Morgan fingerprint density at radius 1 is 0.862 bits per heavy atom. The van der Waals surface area contributed by atoms with Gasteiger partial charge < -0.3 is 10.6 Å². The minimum Gasteiger partial charge on any atom is -0.326 e. The van der Waals surface area contributed by atoms with Gasteiger partial charge in [-0.3, -0.25) is 9.59 Å². The SMILES string of the molecule is CC(=O)Nc1ccc(S(=O)(=O)N[C@@H](C)C(=O)Nc2ccc(C(C)(C)C)cc2)cc1. The topological polar surface area (TPSA) is 104 Å². The van der Waals surface area contributed by atoms with Gasteiger partial charge >= 0.3 is 0 Å². The van der Waals surface area contributed by atoms with Crippen LogP contribution in [0.5, 0.6) is 0 Å². The quantitative estimate of drug-likeness (QED) is 0.671. The fourth-order valence-corrected chi connectivity index (χ4v) is 3.78. The summed E-state index contributed by atoms with van der Waals surface area (Å²) in [6.45, 7) is 9.13. The molecule has 8 heteroatoms. The summed E-state index contributed by atoms with van der Waals surface area (Å²) in [5.41, 5.74) is 2.21. The Morgan fingerprint density at radius 2 is 1.34 bits per heavy atom. The van der Waals surface area contributed by atoms with E-state index in [4.69, 9.17) is 0 Å². The molecule has 0 aliphatic heterocycles. The Kier molecular flexibility index (Phi) is 6.81. The number of benzene rings is 2. The Hall–Kier alpha value is -2.71. The Morgan fingerprint density at radius 3 is 1.83 bits per heavy atom. The van der Waals surface area contributed by atoms with Crippen molar-refractivity contribution in [1.82, 2.24) is 4.72 Å². The van der Waals surface area contributed by atoms with Crippen LogP contribution in [-0.2, 0) is 25.0 Å². The second kappa shape index (κ2) is 8.75. The average molecular weight is 418 g/mol. The number of carbonyl (C=O) groups excluding carboxylic acids is 2. The van der Waals surface area contributed by atoms with Crippen LogP contribution in [0.3, 0.4) is 0 Å². The predicted molar refractivity (Wildman–Crippen MR) is 114 cm³/mol. The van der Waals surface area contributed by atoms with E-state index >= 15 is 0 Å². The average Bonchev–Trinajstić information content (AvgIpc) is 2.61. The second-order valence-corrected chi connectivity index (χ2v) is 9.58. The Bertz CT molecular complexity index is 976. The minimum atomic E-state index is -3.89. The van der Waals surface area contributed by atoms with Crippen molar-refractivity contribution in [2.45, 2.75) is 51.0 Å². The fraction of sp³-hybridized carbons (Fsp3) is 0.333. The van der Waals surface area contributed by atoms with E-state index in [2.05, 4.69) is 36.1 Å². The molecule has 0 bridgehead atoms. The van der Waals surface area contributed by atoms with Crippen LogP contribution in [0.15, 0.2) is 53.4 Å². The first-order chi connectivity index (χ1) is 13.4. The van der Waals surface area contributed by atoms with E-state index in [0.717, 1.165) is 5.56 Å². The molecule has 0 heterocycles. The maximum Gasteiger partial charge on any atom is 0.242 e. The van der Waals surface area contributed by atoms with Crippen molar-refractivity contribution in [1.29, 1.82) is 0 Å². The summed E-state index contributed by atoms with van der Waals surface area (Å²) in [5, 5.41) is 5.28. The molecule has 0 saturated heterocycles. The standard InChI is InChI=1S/C21H27N3O4S/c1-14(20(26)23-18-8-6-16(7-9-18)21(3,4)5)24-29(27,28)19-12-10-17(11-13-19)22-15(2)25/h6-14,24H,1-5H3,(H,22,25)(H,23,26)/t14-/m0/s1. The van der Waals surface area contributed by atoms with E-state index in [9.17, 15) is 18.0 Å². The molecule has 3 N–H and O–H groups in total. The van der Waals surface area contributed by atoms with Crippen LogP contribution < -0.4 is 15.4 Å². The van der Waals surface area contributed by atoms with Gasteiger partial charge in [-0.2, -0.15) is 4.72 Å². The molecule has 0 fully saturated rings. The minimum absolute atomic E-state index is 0.000724. The van der Waals surface area contributed by atoms with Crippen LogP contribution in [0.4, 0.5) is 11.4 Å². The molecule has 0 saturated carbocycles. The highest BCUT2D eigenvalue weighted by atomic mass is 32.2. The highest BCUT2D eigenvalue weighted by Gasteiger charge is 2.22. The van der Waals surface area contributed by atoms with Gasteiger partial charge in [0.05, 0.1) is 10.9 Å². The maximum atomic E-state index is 12.5. The molecule has 29 heavy (non-hydrogen) atoms. The molecule has 0 aliphatic rings. The summed E-state index contributed by atoms with van der Waals surface area (Å²) in [7, 11) is -3.89. The first-order valence-electron chi connectivity index (χ1n) is 9.20. The maximum absolute atomic E-state index is 12.5. The van der Waals surface area contributed by atoms with Gasteiger partial charge in [-0.05, 0) is 54.3 Å². The first kappa shape index (κ1) is 22.6. The predicted octanol–water partition coefficient (Wildman–Crippen LogP) is 3.25. The van der Waals surface area contributed by atoms with E-state index in [1.54, 1.807) is 12.1 Å². The van der Waals surface area contributed by atoms with Gasteiger partial charge in [-0.15, -0.1) is 0 Å². The van der Waals surface area contributed by atoms with Gasteiger partial charge in [0, 0.05) is 18.3 Å². The Balaban J connectivity index is 2.03. The van der Waals surface area contributed by atoms with Crippen LogP contribution in [-0.4, -0.2) is 26.3 Å². The summed E-state index contributed by atoms with van der Waals surface area (Å²) in [6, 6.07) is 12.2. The normalized spacial score (nSPS) is 12.9. The molecule has 2 aromatic carbocycles. The fourth-order valence-electron chi connectivity index (χ4n) is 2.58. The van der Waals surface area contributed by atoms with Gasteiger partial charge in [0.2, 0.25) is 21.8 Å². The summed E-state index contributed by atoms with van der Waals surface area (Å²) in [6.07, 6.45) is 0. The van der Waals surface area contributed by atoms with Crippen molar-refractivity contribution in [2.24, 2.45) is 0 Å². The number of hydrogen-bond acceptors (Lipinski definition) is 4. The van der Waals surface area contributed by atoms with Crippen molar-refractivity contribution in [3.8, 4) is 0 Å². The number of rotatable bonds is 6. The lowest BCUT2D eigenvalue weighted by atomic mass is 9.87. The molecule has 2 rings (SSSR count). The number of anilines is 2. The highest BCUT2D eigenvalue weighted by molar-refractivity contribution is 7.89. The van der Waals surface area contributed by atoms with E-state index in [1.165, 1.54) is 38.1 Å². The lowest BCUT2D eigenvalue weighted by Crippen LogP contribution is -2.41. The first-order valence-corrected chi connectivity index (χ1v) is 10.7. The lowest BCUT2D eigenvalue weighted by molar-refractivity contribution is -0.117. The number of carbonyl (C=O) groups is 2. The summed E-state index contributed by atoms with van der Waals surface area (Å²) in [4.78, 5) is 23.4. The van der Waals surface area contributed by atoms with Crippen molar-refractivity contribution in [2.75, 3.05) is 10.6 Å². The number of sulfonamides is 1. The second-order valence-electron chi connectivity index (χ2n) is 7.87. The zero-order chi connectivity index (χ0) is 21.8. The number of hydrogen-bond donors (Lipinski definition) is 3. The molecular weight excluding hydrogens is 390 g/mol. The third-order valence-corrected chi connectivity index (χ3v) is 5.79. The molecule has 2 amide bonds. The molecule has 156 valence electrons. The van der Waals surface area contributed by atoms with Crippen LogP contribution in [0.1, 0.15) is 40.2 Å². The summed E-state index contributed by atoms with van der Waals surface area (Å²) < 4.78 is 27.4. The van der Waals surface area contributed by atoms with Crippen LogP contribution in [0, 0.1) is 0 Å². The van der Waals surface area contributed by atoms with Gasteiger partial charge in [0.25, 0.3) is 0 Å². The van der Waals surface area contributed by atoms with Crippen molar-refractivity contribution >= 4 is 33.2 Å². The van der Waals surface area contributed by atoms with Crippen LogP contribution >= 0.6 is 0 Å². The van der Waals surface area contributed by atoms with E-state index in [1.807, 2.05) is 12.1 Å². The Labute approximate surface area is 172 Å². The van der Waals surface area contributed by atoms with Crippen molar-refractivity contribution < 1.29 is 18.0 Å². The molecule has 0 spiro atoms. The zero-order valence-corrected chi connectivity index (χ0v) is 18.1. The largest absolute Gasteiger partial charge is 0.326 e.